The van der Waals surface area contributed by atoms with Crippen molar-refractivity contribution in [3.63, 3.8) is 0 Å². The van der Waals surface area contributed by atoms with Gasteiger partial charge in [-0.2, -0.15) is 13.2 Å². The van der Waals surface area contributed by atoms with Crippen molar-refractivity contribution < 1.29 is 18.0 Å². The number of hydrogen-bond acceptors (Lipinski definition) is 3. The van der Waals surface area contributed by atoms with Crippen molar-refractivity contribution in [3.8, 4) is 0 Å². The lowest BCUT2D eigenvalue weighted by atomic mass is 10.3. The highest BCUT2D eigenvalue weighted by atomic mass is 79.9. The van der Waals surface area contributed by atoms with Gasteiger partial charge in [-0.3, -0.25) is 9.79 Å². The van der Waals surface area contributed by atoms with Gasteiger partial charge in [0.2, 0.25) is 0 Å². The number of aliphatic imine (C=N–C) groups is 1. The van der Waals surface area contributed by atoms with Gasteiger partial charge in [-0.15, -0.1) is 0 Å². The van der Waals surface area contributed by atoms with Crippen LogP contribution in [-0.2, 0) is 11.3 Å². The molecular weight excluding hydrogens is 315 g/mol. The Bertz CT molecular complexity index is 403. The number of aromatic nitrogens is 2. The largest absolute Gasteiger partial charge is 0.451 e. The third-order valence-corrected chi connectivity index (χ3v) is 2.68. The van der Waals surface area contributed by atoms with Crippen molar-refractivity contribution in [2.75, 3.05) is 6.54 Å². The van der Waals surface area contributed by atoms with Gasteiger partial charge in [0, 0.05) is 31.7 Å². The third kappa shape index (κ3) is 4.99. The van der Waals surface area contributed by atoms with Crippen molar-refractivity contribution in [3.05, 3.63) is 18.7 Å². The Kier molecular flexibility index (Phi) is 5.52. The minimum atomic E-state index is -4.84. The summed E-state index contributed by atoms with van der Waals surface area (Å²) in [5.41, 5.74) is 0. The first-order chi connectivity index (χ1) is 8.41. The lowest BCUT2D eigenvalue weighted by Crippen LogP contribution is -2.31. The van der Waals surface area contributed by atoms with Crippen molar-refractivity contribution in [1.82, 2.24) is 9.55 Å². The molecule has 0 spiro atoms. The van der Waals surface area contributed by atoms with Gasteiger partial charge in [0.1, 0.15) is 4.83 Å². The van der Waals surface area contributed by atoms with Crippen LogP contribution in [0.4, 0.5) is 13.2 Å². The van der Waals surface area contributed by atoms with Gasteiger partial charge in [0.05, 0.1) is 6.33 Å². The summed E-state index contributed by atoms with van der Waals surface area (Å²) in [7, 11) is 0. The molecule has 100 valence electrons. The summed E-state index contributed by atoms with van der Waals surface area (Å²) in [5, 5.41) is 0. The van der Waals surface area contributed by atoms with Crippen LogP contribution >= 0.6 is 15.9 Å². The molecule has 1 unspecified atom stereocenters. The molecule has 8 heteroatoms. The van der Waals surface area contributed by atoms with Gasteiger partial charge >= 0.3 is 6.18 Å². The summed E-state index contributed by atoms with van der Waals surface area (Å²) in [6.45, 7) is 1.03. The first-order valence-electron chi connectivity index (χ1n) is 5.12. The van der Waals surface area contributed by atoms with Crippen molar-refractivity contribution in [2.45, 2.75) is 24.0 Å². The van der Waals surface area contributed by atoms with Crippen LogP contribution in [0.3, 0.4) is 0 Å². The standard InChI is InChI=1S/C10H11BrF3N3O/c11-8(9(18)10(12,13)14)6-15-2-1-4-17-5-3-16-7-17/h3,5-8H,1-2,4H2. The minimum Gasteiger partial charge on any atom is -0.337 e. The molecule has 0 aliphatic heterocycles. The van der Waals surface area contributed by atoms with Crippen LogP contribution in [0.2, 0.25) is 0 Å². The highest BCUT2D eigenvalue weighted by Gasteiger charge is 2.41. The van der Waals surface area contributed by atoms with Crippen LogP contribution in [0, 0.1) is 0 Å². The molecule has 0 radical (unpaired) electrons. The number of aryl methyl sites for hydroxylation is 1. The second-order valence-electron chi connectivity index (χ2n) is 3.47. The molecule has 1 aromatic heterocycles. The summed E-state index contributed by atoms with van der Waals surface area (Å²) in [6, 6.07) is 0. The number of alkyl halides is 4. The van der Waals surface area contributed by atoms with Gasteiger partial charge in [0.15, 0.2) is 0 Å². The van der Waals surface area contributed by atoms with E-state index in [0.29, 0.717) is 19.5 Å². The number of halogens is 4. The van der Waals surface area contributed by atoms with E-state index in [0.717, 1.165) is 6.21 Å². The minimum absolute atomic E-state index is 0.353. The summed E-state index contributed by atoms with van der Waals surface area (Å²) < 4.78 is 37.9. The van der Waals surface area contributed by atoms with Crippen molar-refractivity contribution in [2.24, 2.45) is 4.99 Å². The first kappa shape index (κ1) is 14.9. The van der Waals surface area contributed by atoms with Crippen LogP contribution in [0.25, 0.3) is 0 Å². The first-order valence-corrected chi connectivity index (χ1v) is 6.03. The summed E-state index contributed by atoms with van der Waals surface area (Å²) in [5.74, 6) is -1.85. The van der Waals surface area contributed by atoms with Crippen LogP contribution < -0.4 is 0 Å². The van der Waals surface area contributed by atoms with E-state index in [2.05, 4.69) is 25.9 Å². The molecule has 1 aromatic rings. The smallest absolute Gasteiger partial charge is 0.337 e. The second kappa shape index (κ2) is 6.67. The number of carbonyl (C=O) groups excluding carboxylic acids is 1. The second-order valence-corrected chi connectivity index (χ2v) is 4.46. The topological polar surface area (TPSA) is 47.2 Å². The zero-order chi connectivity index (χ0) is 13.6. The lowest BCUT2D eigenvalue weighted by Gasteiger charge is -2.06. The van der Waals surface area contributed by atoms with Crippen LogP contribution in [0.15, 0.2) is 23.7 Å². The Labute approximate surface area is 110 Å². The Morgan fingerprint density at radius 1 is 1.56 bits per heavy atom. The van der Waals surface area contributed by atoms with E-state index >= 15 is 0 Å². The van der Waals surface area contributed by atoms with Crippen LogP contribution in [-0.4, -0.2) is 39.1 Å². The Balaban J connectivity index is 2.26. The Morgan fingerprint density at radius 3 is 2.83 bits per heavy atom. The summed E-state index contributed by atoms with van der Waals surface area (Å²) in [6.07, 6.45) is 1.86. The zero-order valence-electron chi connectivity index (χ0n) is 9.27. The number of imidazole rings is 1. The molecule has 0 aromatic carbocycles. The monoisotopic (exact) mass is 325 g/mol. The van der Waals surface area contributed by atoms with Gasteiger partial charge in [-0.05, 0) is 6.42 Å². The van der Waals surface area contributed by atoms with Crippen LogP contribution in [0.1, 0.15) is 6.42 Å². The molecule has 1 heterocycles. The fraction of sp³-hybridized carbons (Fsp3) is 0.500. The van der Waals surface area contributed by atoms with E-state index in [1.54, 1.807) is 18.7 Å². The third-order valence-electron chi connectivity index (χ3n) is 2.03. The highest BCUT2D eigenvalue weighted by Crippen LogP contribution is 2.20. The van der Waals surface area contributed by atoms with Gasteiger partial charge in [-0.1, -0.05) is 15.9 Å². The molecule has 0 amide bonds. The zero-order valence-corrected chi connectivity index (χ0v) is 10.9. The Hall–Kier alpha value is -1.18. The molecule has 4 nitrogen and oxygen atoms in total. The van der Waals surface area contributed by atoms with Crippen molar-refractivity contribution >= 4 is 27.9 Å². The maximum absolute atomic E-state index is 12.0. The van der Waals surface area contributed by atoms with E-state index in [1.807, 2.05) is 4.57 Å². The average Bonchev–Trinajstić information content (AvgIpc) is 2.79. The van der Waals surface area contributed by atoms with E-state index in [4.69, 9.17) is 0 Å². The average molecular weight is 326 g/mol. The summed E-state index contributed by atoms with van der Waals surface area (Å²) >= 11 is 2.64. The fourth-order valence-corrected chi connectivity index (χ4v) is 1.58. The lowest BCUT2D eigenvalue weighted by molar-refractivity contribution is -0.168. The Morgan fingerprint density at radius 2 is 2.28 bits per heavy atom. The van der Waals surface area contributed by atoms with Gasteiger partial charge in [-0.25, -0.2) is 4.98 Å². The fourth-order valence-electron chi connectivity index (χ4n) is 1.15. The predicted octanol–water partition coefficient (Wildman–Crippen LogP) is 2.24. The number of nitrogens with zero attached hydrogens (tertiary/aromatic N) is 3. The molecule has 0 aliphatic rings. The van der Waals surface area contributed by atoms with Gasteiger partial charge in [0.25, 0.3) is 5.78 Å². The van der Waals surface area contributed by atoms with Gasteiger partial charge < -0.3 is 4.57 Å². The quantitative estimate of drug-likeness (QED) is 0.457. The van der Waals surface area contributed by atoms with Crippen molar-refractivity contribution in [1.29, 1.82) is 0 Å². The number of hydrogen-bond donors (Lipinski definition) is 0. The number of rotatable bonds is 6. The number of ketones is 1. The molecule has 0 fully saturated rings. The van der Waals surface area contributed by atoms with Crippen LogP contribution in [0.5, 0.6) is 0 Å². The molecule has 0 aliphatic carbocycles. The maximum Gasteiger partial charge on any atom is 0.451 e. The normalized spacial score (nSPS) is 14.0. The van der Waals surface area contributed by atoms with E-state index in [9.17, 15) is 18.0 Å². The van der Waals surface area contributed by atoms with E-state index < -0.39 is 16.8 Å². The molecular formula is C10H11BrF3N3O. The number of carbonyl (C=O) groups is 1. The highest BCUT2D eigenvalue weighted by molar-refractivity contribution is 9.10. The molecule has 0 saturated heterocycles. The molecule has 18 heavy (non-hydrogen) atoms. The molecule has 0 saturated carbocycles. The molecule has 1 rings (SSSR count). The molecule has 0 N–H and O–H groups in total. The van der Waals surface area contributed by atoms with E-state index in [1.165, 1.54) is 0 Å². The molecule has 0 bridgehead atoms. The SMILES string of the molecule is O=C(C(Br)C=NCCCn1ccnc1)C(F)(F)F. The summed E-state index contributed by atoms with van der Waals surface area (Å²) in [4.78, 5) is 17.0. The van der Waals surface area contributed by atoms with E-state index in [-0.39, 0.29) is 0 Å². The maximum atomic E-state index is 12.0. The predicted molar refractivity (Wildman–Crippen MR) is 64.0 cm³/mol. The number of Topliss-reactive ketones (excluding diaryl/α,β-unsaturated/α-hetero) is 1. The molecule has 1 atom stereocenters.